The highest BCUT2D eigenvalue weighted by Gasteiger charge is 2.34. The van der Waals surface area contributed by atoms with Crippen molar-refractivity contribution in [2.75, 3.05) is 18.1 Å². The van der Waals surface area contributed by atoms with E-state index in [0.717, 1.165) is 66.2 Å². The van der Waals surface area contributed by atoms with Gasteiger partial charge in [0.25, 0.3) is 5.91 Å². The van der Waals surface area contributed by atoms with E-state index in [4.69, 9.17) is 33.0 Å². The Bertz CT molecular complexity index is 2290. The van der Waals surface area contributed by atoms with E-state index < -0.39 is 5.97 Å². The summed E-state index contributed by atoms with van der Waals surface area (Å²) in [7, 11) is 1.87. The number of rotatable bonds is 9. The molecular weight excluding hydrogens is 661 g/mol. The van der Waals surface area contributed by atoms with Crippen LogP contribution in [-0.4, -0.2) is 49.0 Å². The number of carboxylic acid groups (broad SMARTS) is 1. The average molecular weight is 699 g/mol. The highest BCUT2D eigenvalue weighted by molar-refractivity contribution is 6.32. The van der Waals surface area contributed by atoms with Gasteiger partial charge in [0.1, 0.15) is 17.3 Å². The summed E-state index contributed by atoms with van der Waals surface area (Å²) in [4.78, 5) is 28.2. The smallest absolute Gasteiger partial charge is 0.335 e. The number of ether oxygens (including phenoxy) is 1. The number of amides is 1. The third-order valence-corrected chi connectivity index (χ3v) is 10.5. The van der Waals surface area contributed by atoms with Crippen molar-refractivity contribution >= 4 is 62.7 Å². The predicted octanol–water partition coefficient (Wildman–Crippen LogP) is 8.29. The zero-order valence-electron chi connectivity index (χ0n) is 28.1. The van der Waals surface area contributed by atoms with Crippen LogP contribution in [0.15, 0.2) is 54.6 Å². The van der Waals surface area contributed by atoms with Crippen LogP contribution < -0.4 is 9.64 Å². The van der Waals surface area contributed by atoms with Gasteiger partial charge in [0.2, 0.25) is 0 Å². The first-order valence-electron chi connectivity index (χ1n) is 16.3. The summed E-state index contributed by atoms with van der Waals surface area (Å²) < 4.78 is 12.2. The summed E-state index contributed by atoms with van der Waals surface area (Å²) in [6.45, 7) is 9.88. The molecular formula is C38H37Cl2N5O4. The Hall–Kier alpha value is -4.73. The van der Waals surface area contributed by atoms with Crippen molar-refractivity contribution in [1.29, 1.82) is 0 Å². The molecule has 0 fully saturated rings. The molecule has 0 bridgehead atoms. The van der Waals surface area contributed by atoms with Gasteiger partial charge in [0, 0.05) is 52.2 Å². The van der Waals surface area contributed by atoms with Crippen LogP contribution in [0.5, 0.6) is 5.75 Å². The number of anilines is 1. The Kier molecular flexibility index (Phi) is 8.45. The first-order chi connectivity index (χ1) is 23.4. The van der Waals surface area contributed by atoms with E-state index >= 15 is 0 Å². The van der Waals surface area contributed by atoms with E-state index in [1.807, 2.05) is 80.4 Å². The lowest BCUT2D eigenvalue weighted by atomic mass is 10.0. The number of fused-ring (bicyclic) bond motifs is 4. The van der Waals surface area contributed by atoms with Crippen LogP contribution in [0.4, 0.5) is 5.82 Å². The van der Waals surface area contributed by atoms with Crippen molar-refractivity contribution < 1.29 is 19.4 Å². The number of carbonyl (C=O) groups is 2. The van der Waals surface area contributed by atoms with Gasteiger partial charge in [-0.1, -0.05) is 35.3 Å². The molecule has 4 heterocycles. The lowest BCUT2D eigenvalue weighted by Crippen LogP contribution is -2.41. The molecule has 3 aromatic carbocycles. The number of carbonyl (C=O) groups excluding carboxylic acids is 1. The topological polar surface area (TPSA) is 94.5 Å². The quantitative estimate of drug-likeness (QED) is 0.153. The summed E-state index contributed by atoms with van der Waals surface area (Å²) in [5.74, 6) is 0.377. The van der Waals surface area contributed by atoms with Crippen LogP contribution in [-0.2, 0) is 26.6 Å². The predicted molar refractivity (Wildman–Crippen MR) is 194 cm³/mol. The number of hydrogen-bond donors (Lipinski definition) is 1. The maximum Gasteiger partial charge on any atom is 0.335 e. The van der Waals surface area contributed by atoms with Gasteiger partial charge >= 0.3 is 5.97 Å². The van der Waals surface area contributed by atoms with Crippen LogP contribution in [0.25, 0.3) is 21.8 Å². The Morgan fingerprint density at radius 3 is 2.41 bits per heavy atom. The van der Waals surface area contributed by atoms with Crippen LogP contribution in [0.3, 0.4) is 0 Å². The zero-order chi connectivity index (χ0) is 34.7. The van der Waals surface area contributed by atoms with E-state index in [0.29, 0.717) is 55.6 Å². The van der Waals surface area contributed by atoms with Crippen molar-refractivity contribution in [2.24, 2.45) is 7.05 Å². The number of aryl methyl sites for hydroxylation is 6. The molecule has 0 saturated carbocycles. The van der Waals surface area contributed by atoms with E-state index in [2.05, 4.69) is 4.57 Å². The molecule has 0 aliphatic carbocycles. The molecule has 11 heteroatoms. The molecule has 1 N–H and O–H groups in total. The zero-order valence-corrected chi connectivity index (χ0v) is 29.6. The molecule has 0 atom stereocenters. The minimum absolute atomic E-state index is 0.111. The van der Waals surface area contributed by atoms with Gasteiger partial charge in [0.15, 0.2) is 0 Å². The average Bonchev–Trinajstić information content (AvgIpc) is 3.68. The molecule has 252 valence electrons. The summed E-state index contributed by atoms with van der Waals surface area (Å²) in [5.41, 5.74) is 8.31. The summed E-state index contributed by atoms with van der Waals surface area (Å²) in [5, 5.41) is 17.5. The molecule has 1 aliphatic heterocycles. The van der Waals surface area contributed by atoms with Crippen molar-refractivity contribution in [3.8, 4) is 5.75 Å². The number of halogens is 2. The first-order valence-corrected chi connectivity index (χ1v) is 17.1. The molecule has 9 nitrogen and oxygen atoms in total. The molecule has 0 saturated heterocycles. The molecule has 0 radical (unpaired) electrons. The standard InChI is InChI=1S/C38H37Cl2N5O4/c1-21-15-27(16-22(2)34(21)40)49-14-6-7-28-29-10-11-31(39)30(20-45-24(4)17-23(3)41-45)35(29)44-13-12-43(37(46)36(28)44)33-19-25-8-9-26(38(47)48)18-32(25)42(33)5/h8-11,15-19H,6-7,12-14,20H2,1-5H3,(H,47,48). The number of carboxylic acids is 1. The second-order valence-electron chi connectivity index (χ2n) is 12.9. The Morgan fingerprint density at radius 1 is 0.959 bits per heavy atom. The Labute approximate surface area is 294 Å². The van der Waals surface area contributed by atoms with Gasteiger partial charge in [-0.05, 0) is 99.7 Å². The minimum atomic E-state index is -0.992. The van der Waals surface area contributed by atoms with Crippen LogP contribution in [0, 0.1) is 27.7 Å². The molecule has 0 spiro atoms. The normalized spacial score (nSPS) is 13.1. The number of aromatic carboxylic acids is 1. The summed E-state index contributed by atoms with van der Waals surface area (Å²) in [6.07, 6.45) is 1.30. The molecule has 49 heavy (non-hydrogen) atoms. The highest BCUT2D eigenvalue weighted by atomic mass is 35.5. The Balaban J connectivity index is 1.29. The number of benzene rings is 3. The first kappa shape index (κ1) is 32.8. The lowest BCUT2D eigenvalue weighted by molar-refractivity contribution is 0.0696. The van der Waals surface area contributed by atoms with Gasteiger partial charge in [-0.3, -0.25) is 14.4 Å². The van der Waals surface area contributed by atoms with Crippen molar-refractivity contribution in [2.45, 2.75) is 53.6 Å². The van der Waals surface area contributed by atoms with Gasteiger partial charge in [-0.15, -0.1) is 0 Å². The van der Waals surface area contributed by atoms with Crippen LogP contribution in [0.2, 0.25) is 10.0 Å². The second kappa shape index (κ2) is 12.6. The number of aromatic nitrogens is 4. The second-order valence-corrected chi connectivity index (χ2v) is 13.7. The van der Waals surface area contributed by atoms with Crippen LogP contribution >= 0.6 is 23.2 Å². The van der Waals surface area contributed by atoms with Gasteiger partial charge in [-0.25, -0.2) is 4.79 Å². The van der Waals surface area contributed by atoms with Crippen molar-refractivity contribution in [1.82, 2.24) is 18.9 Å². The van der Waals surface area contributed by atoms with Gasteiger partial charge in [0.05, 0.1) is 35.4 Å². The molecule has 3 aromatic heterocycles. The number of hydrogen-bond acceptors (Lipinski definition) is 4. The maximum atomic E-state index is 14.7. The Morgan fingerprint density at radius 2 is 1.71 bits per heavy atom. The third-order valence-electron chi connectivity index (χ3n) is 9.58. The molecule has 1 amide bonds. The fraction of sp³-hybridized carbons (Fsp3) is 0.289. The van der Waals surface area contributed by atoms with E-state index in [1.165, 1.54) is 0 Å². The van der Waals surface area contributed by atoms with Crippen molar-refractivity contribution in [3.05, 3.63) is 110 Å². The SMILES string of the molecule is Cc1cc(C)n(Cc2c(Cl)ccc3c(CCCOc4cc(C)c(Cl)c(C)c4)c4n(c23)CCN(c2cc3ccc(C(=O)O)cc3n2C)C4=O)n1. The third kappa shape index (κ3) is 5.74. The van der Waals surface area contributed by atoms with E-state index in [9.17, 15) is 14.7 Å². The lowest BCUT2D eigenvalue weighted by Gasteiger charge is -2.30. The fourth-order valence-corrected chi connectivity index (χ4v) is 7.53. The van der Waals surface area contributed by atoms with E-state index in [1.54, 1.807) is 23.1 Å². The largest absolute Gasteiger partial charge is 0.494 e. The summed E-state index contributed by atoms with van der Waals surface area (Å²) >= 11 is 13.3. The monoisotopic (exact) mass is 697 g/mol. The van der Waals surface area contributed by atoms with Crippen LogP contribution in [0.1, 0.15) is 60.9 Å². The van der Waals surface area contributed by atoms with Crippen molar-refractivity contribution in [3.63, 3.8) is 0 Å². The number of nitrogens with zero attached hydrogens (tertiary/aromatic N) is 5. The minimum Gasteiger partial charge on any atom is -0.494 e. The van der Waals surface area contributed by atoms with E-state index in [-0.39, 0.29) is 11.5 Å². The summed E-state index contributed by atoms with van der Waals surface area (Å²) in [6, 6.07) is 16.9. The molecule has 6 aromatic rings. The van der Waals surface area contributed by atoms with Gasteiger partial charge in [-0.2, -0.15) is 5.10 Å². The molecule has 0 unspecified atom stereocenters. The molecule has 7 rings (SSSR count). The maximum absolute atomic E-state index is 14.7. The van der Waals surface area contributed by atoms with Gasteiger partial charge < -0.3 is 19.0 Å². The fourth-order valence-electron chi connectivity index (χ4n) is 7.21. The molecule has 1 aliphatic rings. The highest BCUT2D eigenvalue weighted by Crippen LogP contribution is 2.38.